The molecule has 0 saturated carbocycles. The van der Waals surface area contributed by atoms with Crippen LogP contribution in [-0.2, 0) is 14.3 Å². The van der Waals surface area contributed by atoms with E-state index in [0.717, 1.165) is 122 Å². The lowest BCUT2D eigenvalue weighted by Gasteiger charge is -2.40. The number of allylic oxidation sites excluding steroid dienone is 23. The van der Waals surface area contributed by atoms with Crippen molar-refractivity contribution >= 4 is 5.91 Å². The number of amides is 1. The number of aliphatic hydroxyl groups is 5. The van der Waals surface area contributed by atoms with Crippen LogP contribution in [0.25, 0.3) is 0 Å². The van der Waals surface area contributed by atoms with Crippen LogP contribution in [0.1, 0.15) is 206 Å². The fourth-order valence-electron chi connectivity index (χ4n) is 8.24. The van der Waals surface area contributed by atoms with Crippen molar-refractivity contribution in [1.29, 1.82) is 0 Å². The predicted octanol–water partition coefficient (Wildman–Crippen LogP) is 15.1. The topological polar surface area (TPSA) is 149 Å². The molecule has 1 aliphatic rings. The van der Waals surface area contributed by atoms with Gasteiger partial charge in [-0.2, -0.15) is 0 Å². The molecule has 424 valence electrons. The molecule has 1 aliphatic heterocycles. The van der Waals surface area contributed by atoms with Gasteiger partial charge in [-0.3, -0.25) is 4.79 Å². The van der Waals surface area contributed by atoms with Gasteiger partial charge in [-0.1, -0.05) is 230 Å². The predicted molar refractivity (Wildman–Crippen MR) is 317 cm³/mol. The van der Waals surface area contributed by atoms with Gasteiger partial charge in [0, 0.05) is 6.42 Å². The summed E-state index contributed by atoms with van der Waals surface area (Å²) in [5.74, 6) is -0.209. The number of carbonyl (C=O) groups is 1. The second-order valence-electron chi connectivity index (χ2n) is 19.7. The minimum atomic E-state index is -1.59. The van der Waals surface area contributed by atoms with Crippen LogP contribution in [0, 0.1) is 0 Å². The van der Waals surface area contributed by atoms with Gasteiger partial charge in [-0.05, 0) is 116 Å². The monoisotopic (exact) mass is 1040 g/mol. The summed E-state index contributed by atoms with van der Waals surface area (Å²) in [7, 11) is 0. The Morgan fingerprint density at radius 3 is 1.28 bits per heavy atom. The van der Waals surface area contributed by atoms with E-state index in [0.29, 0.717) is 6.42 Å². The van der Waals surface area contributed by atoms with Gasteiger partial charge in [0.1, 0.15) is 24.4 Å². The summed E-state index contributed by atoms with van der Waals surface area (Å²) in [5, 5.41) is 54.4. The fraction of sp³-hybridized carbons (Fsp3) is 0.621. The molecule has 0 aromatic carbocycles. The number of ether oxygens (including phenoxy) is 2. The lowest BCUT2D eigenvalue weighted by molar-refractivity contribution is -0.302. The summed E-state index contributed by atoms with van der Waals surface area (Å²) in [6.45, 7) is 3.61. The summed E-state index contributed by atoms with van der Waals surface area (Å²) < 4.78 is 11.2. The van der Waals surface area contributed by atoms with Crippen molar-refractivity contribution in [2.45, 2.75) is 249 Å². The van der Waals surface area contributed by atoms with Crippen molar-refractivity contribution < 1.29 is 39.8 Å². The zero-order valence-corrected chi connectivity index (χ0v) is 47.0. The van der Waals surface area contributed by atoms with Crippen molar-refractivity contribution in [3.8, 4) is 0 Å². The van der Waals surface area contributed by atoms with Crippen LogP contribution in [0.3, 0.4) is 0 Å². The first-order valence-electron chi connectivity index (χ1n) is 29.6. The molecule has 6 N–H and O–H groups in total. The number of rotatable bonds is 48. The smallest absolute Gasteiger partial charge is 0.220 e. The molecule has 7 unspecified atom stereocenters. The zero-order valence-electron chi connectivity index (χ0n) is 47.0. The maximum atomic E-state index is 13.1. The van der Waals surface area contributed by atoms with E-state index in [9.17, 15) is 30.3 Å². The summed E-state index contributed by atoms with van der Waals surface area (Å²) in [6.07, 6.45) is 76.2. The Bertz CT molecular complexity index is 1680. The van der Waals surface area contributed by atoms with Crippen molar-refractivity contribution in [3.05, 3.63) is 146 Å². The van der Waals surface area contributed by atoms with Crippen molar-refractivity contribution in [2.75, 3.05) is 13.2 Å². The van der Waals surface area contributed by atoms with E-state index in [1.165, 1.54) is 64.2 Å². The Morgan fingerprint density at radius 1 is 0.467 bits per heavy atom. The van der Waals surface area contributed by atoms with E-state index in [4.69, 9.17) is 9.47 Å². The van der Waals surface area contributed by atoms with Gasteiger partial charge < -0.3 is 40.3 Å². The van der Waals surface area contributed by atoms with Crippen LogP contribution in [0.15, 0.2) is 146 Å². The molecule has 1 amide bonds. The van der Waals surface area contributed by atoms with Crippen LogP contribution < -0.4 is 5.32 Å². The molecule has 0 spiro atoms. The molecule has 0 aliphatic carbocycles. The van der Waals surface area contributed by atoms with E-state index in [1.54, 1.807) is 6.08 Å². The van der Waals surface area contributed by atoms with E-state index in [-0.39, 0.29) is 12.5 Å². The number of unbranched alkanes of at least 4 members (excludes halogenated alkanes) is 16. The molecule has 1 rings (SSSR count). The summed E-state index contributed by atoms with van der Waals surface area (Å²) in [4.78, 5) is 13.1. The van der Waals surface area contributed by atoms with Crippen molar-refractivity contribution in [2.24, 2.45) is 0 Å². The van der Waals surface area contributed by atoms with Gasteiger partial charge in [0.2, 0.25) is 5.91 Å². The molecular formula is C66H107NO8. The van der Waals surface area contributed by atoms with Crippen LogP contribution in [-0.4, -0.2) is 87.5 Å². The standard InChI is InChI=1S/C66H107NO8/c1-3-5-7-9-11-13-15-17-19-21-22-23-24-25-26-27-28-29-30-31-32-33-34-35-36-37-38-40-42-44-46-48-50-52-54-56-62(70)67-59(58-74-66-65(73)64(72)63(71)61(57-68)75-66)60(69)55-53-51-49-47-45-43-41-39-20-18-16-14-12-10-8-6-4-2/h5,7,11,13,17,19-20,22-23,25-26,28-29,31-32,34-35,37-39,45,47,53,55,59-61,63-66,68-69,71-73H,3-4,6,8-10,12,14-16,18,21,24,27,30,33,36,40-44,46,48-52,54,56-58H2,1-2H3,(H,67,70)/b7-5-,13-11-,19-17-,23-22-,26-25-,29-28-,32-31-,35-34-,38-37-,39-20+,47-45+,55-53+. The zero-order chi connectivity index (χ0) is 54.3. The number of aliphatic hydroxyl groups excluding tert-OH is 5. The normalized spacial score (nSPS) is 20.0. The average molecular weight is 1040 g/mol. The van der Waals surface area contributed by atoms with Crippen molar-refractivity contribution in [1.82, 2.24) is 5.32 Å². The Kier molecular flexibility index (Phi) is 49.2. The summed E-state index contributed by atoms with van der Waals surface area (Å²) in [6, 6.07) is -0.846. The molecule has 9 heteroatoms. The van der Waals surface area contributed by atoms with E-state index in [1.807, 2.05) is 6.08 Å². The first-order chi connectivity index (χ1) is 36.8. The molecule has 7 atom stereocenters. The first kappa shape index (κ1) is 69.1. The second-order valence-corrected chi connectivity index (χ2v) is 19.7. The molecule has 0 aromatic heterocycles. The molecule has 75 heavy (non-hydrogen) atoms. The Morgan fingerprint density at radius 2 is 0.840 bits per heavy atom. The highest BCUT2D eigenvalue weighted by atomic mass is 16.7. The van der Waals surface area contributed by atoms with Gasteiger partial charge in [-0.15, -0.1) is 0 Å². The van der Waals surface area contributed by atoms with Crippen LogP contribution in [0.5, 0.6) is 0 Å². The lowest BCUT2D eigenvalue weighted by atomic mass is 9.99. The number of hydrogen-bond donors (Lipinski definition) is 6. The van der Waals surface area contributed by atoms with Gasteiger partial charge in [-0.25, -0.2) is 0 Å². The highest BCUT2D eigenvalue weighted by Gasteiger charge is 2.44. The molecule has 1 saturated heterocycles. The maximum absolute atomic E-state index is 13.1. The second kappa shape index (κ2) is 53.5. The van der Waals surface area contributed by atoms with Gasteiger partial charge in [0.25, 0.3) is 0 Å². The molecule has 9 nitrogen and oxygen atoms in total. The quantitative estimate of drug-likeness (QED) is 0.0261. The van der Waals surface area contributed by atoms with Crippen molar-refractivity contribution in [3.63, 3.8) is 0 Å². The highest BCUT2D eigenvalue weighted by molar-refractivity contribution is 5.76. The van der Waals surface area contributed by atoms with E-state index >= 15 is 0 Å². The number of nitrogens with one attached hydrogen (secondary N) is 1. The largest absolute Gasteiger partial charge is 0.394 e. The maximum Gasteiger partial charge on any atom is 0.220 e. The van der Waals surface area contributed by atoms with Gasteiger partial charge in [0.15, 0.2) is 6.29 Å². The van der Waals surface area contributed by atoms with Crippen LogP contribution in [0.2, 0.25) is 0 Å². The third-order valence-electron chi connectivity index (χ3n) is 12.9. The SMILES string of the molecule is CC/C=C\C/C=C\C/C=C\C/C=C\C/C=C\C/C=C\C/C=C\C/C=C\C/C=C\CCCCCCCCCC(=O)NC(COC1OC(CO)C(O)C(O)C1O)C(O)/C=C/CC/C=C/CC/C=C/CCCCCCCCC. The minimum Gasteiger partial charge on any atom is -0.394 e. The fourth-order valence-corrected chi connectivity index (χ4v) is 8.24. The average Bonchev–Trinajstić information content (AvgIpc) is 3.41. The molecule has 0 radical (unpaired) electrons. The third kappa shape index (κ3) is 42.8. The lowest BCUT2D eigenvalue weighted by Crippen LogP contribution is -2.60. The first-order valence-corrected chi connectivity index (χ1v) is 29.6. The number of hydrogen-bond acceptors (Lipinski definition) is 8. The highest BCUT2D eigenvalue weighted by Crippen LogP contribution is 2.22. The Balaban J connectivity index is 2.24. The van der Waals surface area contributed by atoms with Crippen LogP contribution in [0.4, 0.5) is 0 Å². The Hall–Kier alpha value is -3.93. The van der Waals surface area contributed by atoms with Gasteiger partial charge >= 0.3 is 0 Å². The minimum absolute atomic E-state index is 0.209. The van der Waals surface area contributed by atoms with Crippen LogP contribution >= 0.6 is 0 Å². The molecule has 0 aromatic rings. The van der Waals surface area contributed by atoms with E-state index in [2.05, 4.69) is 153 Å². The Labute approximate surface area is 457 Å². The molecule has 1 fully saturated rings. The van der Waals surface area contributed by atoms with E-state index < -0.39 is 49.5 Å². The number of carbonyl (C=O) groups excluding carboxylic acids is 1. The summed E-state index contributed by atoms with van der Waals surface area (Å²) >= 11 is 0. The molecule has 1 heterocycles. The third-order valence-corrected chi connectivity index (χ3v) is 12.9. The molecular weight excluding hydrogens is 935 g/mol. The summed E-state index contributed by atoms with van der Waals surface area (Å²) in [5.41, 5.74) is 0. The van der Waals surface area contributed by atoms with Gasteiger partial charge in [0.05, 0.1) is 25.4 Å². The molecule has 0 bridgehead atoms.